The molecule has 0 aliphatic heterocycles. The molecule has 1 atom stereocenters. The molecule has 0 saturated heterocycles. The summed E-state index contributed by atoms with van der Waals surface area (Å²) in [6.45, 7) is 13.6. The lowest BCUT2D eigenvalue weighted by atomic mass is 9.54. The third-order valence-corrected chi connectivity index (χ3v) is 3.64. The third kappa shape index (κ3) is 12.2. The summed E-state index contributed by atoms with van der Waals surface area (Å²) >= 11 is 0. The summed E-state index contributed by atoms with van der Waals surface area (Å²) < 4.78 is 6.07. The molecular weight excluding hydrogens is 271 g/mol. The van der Waals surface area contributed by atoms with E-state index in [1.807, 2.05) is 0 Å². The van der Waals surface area contributed by atoms with E-state index in [4.69, 9.17) is 4.74 Å². The standard InChI is InChI=1S/C16H36B3NO2/c1-12(2)7-8-13(21)20-16(6,19)11-14(3,4)22-10-9-15(5,17)18/h12H,7-11,17-19H2,1-6H3,(H,20,21). The molecule has 0 fully saturated rings. The summed E-state index contributed by atoms with van der Waals surface area (Å²) in [7, 11) is 6.53. The van der Waals surface area contributed by atoms with Crippen LogP contribution in [-0.2, 0) is 9.53 Å². The maximum Gasteiger partial charge on any atom is 0.219 e. The Bertz CT molecular complexity index is 350. The van der Waals surface area contributed by atoms with E-state index in [-0.39, 0.29) is 22.2 Å². The number of carbonyl (C=O) groups is 1. The van der Waals surface area contributed by atoms with Crippen LogP contribution in [0.25, 0.3) is 0 Å². The molecule has 0 saturated carbocycles. The zero-order valence-electron chi connectivity index (χ0n) is 16.4. The lowest BCUT2D eigenvalue weighted by Crippen LogP contribution is -2.51. The number of amides is 1. The molecular formula is C16H36B3NO2. The fourth-order valence-corrected chi connectivity index (χ4v) is 2.65. The molecule has 3 nitrogen and oxygen atoms in total. The van der Waals surface area contributed by atoms with Crippen molar-refractivity contribution < 1.29 is 9.53 Å². The van der Waals surface area contributed by atoms with E-state index in [2.05, 4.69) is 70.4 Å². The molecule has 0 spiro atoms. The Morgan fingerprint density at radius 3 is 2.14 bits per heavy atom. The van der Waals surface area contributed by atoms with E-state index in [1.165, 1.54) is 0 Å². The van der Waals surface area contributed by atoms with Gasteiger partial charge >= 0.3 is 0 Å². The van der Waals surface area contributed by atoms with E-state index in [9.17, 15) is 4.79 Å². The normalized spacial score (nSPS) is 15.6. The maximum atomic E-state index is 12.0. The van der Waals surface area contributed by atoms with Crippen molar-refractivity contribution in [3.8, 4) is 0 Å². The Morgan fingerprint density at radius 2 is 1.68 bits per heavy atom. The average Bonchev–Trinajstić information content (AvgIpc) is 2.21. The van der Waals surface area contributed by atoms with Crippen molar-refractivity contribution in [1.82, 2.24) is 5.32 Å². The Hall–Kier alpha value is -0.375. The average molecular weight is 307 g/mol. The minimum atomic E-state index is -0.251. The van der Waals surface area contributed by atoms with Gasteiger partial charge in [-0.15, -0.1) is 0 Å². The van der Waals surface area contributed by atoms with Crippen LogP contribution in [0.15, 0.2) is 0 Å². The summed E-state index contributed by atoms with van der Waals surface area (Å²) in [5.74, 6) is 0.704. The van der Waals surface area contributed by atoms with Crippen LogP contribution < -0.4 is 5.32 Å². The Morgan fingerprint density at radius 1 is 1.14 bits per heavy atom. The van der Waals surface area contributed by atoms with Gasteiger partial charge in [-0.05, 0) is 46.0 Å². The number of carbonyl (C=O) groups excluding carboxylic acids is 1. The molecule has 0 aliphatic rings. The van der Waals surface area contributed by atoms with Crippen LogP contribution in [0.2, 0.25) is 5.21 Å². The second-order valence-corrected chi connectivity index (χ2v) is 9.46. The van der Waals surface area contributed by atoms with Gasteiger partial charge in [0.2, 0.25) is 5.91 Å². The summed E-state index contributed by atoms with van der Waals surface area (Å²) in [6.07, 6.45) is 3.38. The molecule has 0 radical (unpaired) electrons. The van der Waals surface area contributed by atoms with E-state index in [1.54, 1.807) is 0 Å². The quantitative estimate of drug-likeness (QED) is 0.608. The molecule has 0 aromatic carbocycles. The first-order valence-corrected chi connectivity index (χ1v) is 8.67. The van der Waals surface area contributed by atoms with Crippen LogP contribution in [0.4, 0.5) is 0 Å². The number of ether oxygens (including phenoxy) is 1. The first kappa shape index (κ1) is 21.6. The second-order valence-electron chi connectivity index (χ2n) is 9.46. The summed E-state index contributed by atoms with van der Waals surface area (Å²) in [4.78, 5) is 12.0. The molecule has 1 N–H and O–H groups in total. The Kier molecular flexibility index (Phi) is 8.32. The largest absolute Gasteiger partial charge is 0.376 e. The molecule has 126 valence electrons. The van der Waals surface area contributed by atoms with Crippen molar-refractivity contribution in [3.05, 3.63) is 0 Å². The summed E-state index contributed by atoms with van der Waals surface area (Å²) in [6, 6.07) is 0. The van der Waals surface area contributed by atoms with Gasteiger partial charge in [-0.2, -0.15) is 0 Å². The third-order valence-electron chi connectivity index (χ3n) is 3.64. The van der Waals surface area contributed by atoms with Gasteiger partial charge in [0.1, 0.15) is 7.85 Å². The number of hydrogen-bond donors (Lipinski definition) is 1. The van der Waals surface area contributed by atoms with Crippen LogP contribution >= 0.6 is 0 Å². The lowest BCUT2D eigenvalue weighted by molar-refractivity contribution is -0.123. The molecule has 0 bridgehead atoms. The van der Waals surface area contributed by atoms with Crippen LogP contribution in [0.1, 0.15) is 67.2 Å². The topological polar surface area (TPSA) is 38.3 Å². The molecule has 0 aromatic heterocycles. The maximum absolute atomic E-state index is 12.0. The van der Waals surface area contributed by atoms with Gasteiger partial charge in [-0.3, -0.25) is 4.79 Å². The molecule has 0 aliphatic carbocycles. The highest BCUT2D eigenvalue weighted by molar-refractivity contribution is 6.39. The van der Waals surface area contributed by atoms with Gasteiger partial charge in [0.05, 0.1) is 21.3 Å². The highest BCUT2D eigenvalue weighted by atomic mass is 16.5. The van der Waals surface area contributed by atoms with Crippen LogP contribution in [0.3, 0.4) is 0 Å². The van der Waals surface area contributed by atoms with Crippen molar-refractivity contribution >= 4 is 29.4 Å². The number of hydrogen-bond acceptors (Lipinski definition) is 2. The van der Waals surface area contributed by atoms with Crippen molar-refractivity contribution in [2.75, 3.05) is 6.61 Å². The molecule has 0 aromatic rings. The predicted octanol–water partition coefficient (Wildman–Crippen LogP) is 0.866. The van der Waals surface area contributed by atoms with E-state index < -0.39 is 0 Å². The van der Waals surface area contributed by atoms with Gasteiger partial charge in [-0.25, -0.2) is 0 Å². The Balaban J connectivity index is 4.33. The van der Waals surface area contributed by atoms with Gasteiger partial charge in [-0.1, -0.05) is 26.0 Å². The van der Waals surface area contributed by atoms with Crippen LogP contribution in [0, 0.1) is 5.92 Å². The van der Waals surface area contributed by atoms with Crippen molar-refractivity contribution in [1.29, 1.82) is 0 Å². The van der Waals surface area contributed by atoms with E-state index in [0.717, 1.165) is 25.9 Å². The minimum Gasteiger partial charge on any atom is -0.376 e. The lowest BCUT2D eigenvalue weighted by Gasteiger charge is -2.36. The second kappa shape index (κ2) is 8.47. The molecule has 1 amide bonds. The first-order valence-electron chi connectivity index (χ1n) is 8.67. The molecule has 0 rings (SSSR count). The zero-order valence-corrected chi connectivity index (χ0v) is 16.4. The van der Waals surface area contributed by atoms with Crippen molar-refractivity contribution in [2.24, 2.45) is 5.92 Å². The number of nitrogens with one attached hydrogen (secondary N) is 1. The van der Waals surface area contributed by atoms with Gasteiger partial charge in [0, 0.05) is 18.5 Å². The fourth-order valence-electron chi connectivity index (χ4n) is 2.65. The van der Waals surface area contributed by atoms with Gasteiger partial charge in [0.15, 0.2) is 0 Å². The fraction of sp³-hybridized carbons (Fsp3) is 0.938. The smallest absolute Gasteiger partial charge is 0.219 e. The van der Waals surface area contributed by atoms with E-state index in [0.29, 0.717) is 12.3 Å². The molecule has 0 heterocycles. The summed E-state index contributed by atoms with van der Waals surface area (Å²) in [5.41, 5.74) is -0.487. The van der Waals surface area contributed by atoms with E-state index >= 15 is 0 Å². The molecule has 1 unspecified atom stereocenters. The van der Waals surface area contributed by atoms with Crippen molar-refractivity contribution in [3.63, 3.8) is 0 Å². The molecule has 6 heteroatoms. The number of rotatable bonds is 10. The van der Waals surface area contributed by atoms with Crippen molar-refractivity contribution in [2.45, 2.75) is 83.5 Å². The monoisotopic (exact) mass is 307 g/mol. The highest BCUT2D eigenvalue weighted by Gasteiger charge is 2.30. The van der Waals surface area contributed by atoms with Gasteiger partial charge in [0.25, 0.3) is 0 Å². The van der Waals surface area contributed by atoms with Crippen LogP contribution in [0.5, 0.6) is 0 Å². The predicted molar refractivity (Wildman–Crippen MR) is 104 cm³/mol. The molecule has 22 heavy (non-hydrogen) atoms. The Labute approximate surface area is 140 Å². The zero-order chi connectivity index (χ0) is 17.6. The SMILES string of the molecule is BC(B)(C)CCOC(C)(C)CC(B)(C)NC(=O)CCC(C)C. The highest BCUT2D eigenvalue weighted by Crippen LogP contribution is 2.25. The summed E-state index contributed by atoms with van der Waals surface area (Å²) in [5, 5.41) is 3.44. The van der Waals surface area contributed by atoms with Gasteiger partial charge < -0.3 is 10.1 Å². The van der Waals surface area contributed by atoms with Crippen LogP contribution in [-0.4, -0.2) is 47.1 Å². The first-order chi connectivity index (χ1) is 9.72. The minimum absolute atomic E-state index is 0.143.